The molecule has 0 aromatic heterocycles. The molecule has 0 N–H and O–H groups in total. The lowest BCUT2D eigenvalue weighted by Crippen LogP contribution is -1.78. The van der Waals surface area contributed by atoms with Crippen LogP contribution < -0.4 is 0 Å². The number of hydrogen-bond acceptors (Lipinski definition) is 0. The Labute approximate surface area is 274 Å². The summed E-state index contributed by atoms with van der Waals surface area (Å²) in [4.78, 5) is 0. The summed E-state index contributed by atoms with van der Waals surface area (Å²) in [6.45, 7) is 18.7. The van der Waals surface area contributed by atoms with E-state index in [0.717, 1.165) is 0 Å². The van der Waals surface area contributed by atoms with Crippen LogP contribution in [0.15, 0.2) is 152 Å². The van der Waals surface area contributed by atoms with Crippen molar-refractivity contribution >= 4 is 0 Å². The zero-order valence-corrected chi connectivity index (χ0v) is 28.9. The Morgan fingerprint density at radius 3 is 0.844 bits per heavy atom. The Balaban J connectivity index is 0.000000211. The van der Waals surface area contributed by atoms with Gasteiger partial charge in [0.05, 0.1) is 0 Å². The average molecular weight is 593 g/mol. The molecule has 0 saturated carbocycles. The lowest BCUT2D eigenvalue weighted by Gasteiger charge is -2.02. The maximum Gasteiger partial charge on any atom is -0.0181 e. The third-order valence-corrected chi connectivity index (χ3v) is 6.95. The second-order valence-electron chi connectivity index (χ2n) is 11.3. The highest BCUT2D eigenvalue weighted by molar-refractivity contribution is 5.64. The van der Waals surface area contributed by atoms with E-state index >= 15 is 0 Å². The predicted octanol–water partition coefficient (Wildman–Crippen LogP) is 13.3. The highest BCUT2D eigenvalue weighted by atomic mass is 14.0. The molecule has 0 bridgehead atoms. The summed E-state index contributed by atoms with van der Waals surface area (Å²) < 4.78 is 0. The van der Waals surface area contributed by atoms with Gasteiger partial charge in [0.2, 0.25) is 0 Å². The third kappa shape index (κ3) is 14.6. The number of rotatable bonds is 2. The van der Waals surface area contributed by atoms with Gasteiger partial charge in [0.15, 0.2) is 0 Å². The van der Waals surface area contributed by atoms with Crippen LogP contribution in [0.3, 0.4) is 0 Å². The number of aryl methyl sites for hydroxylation is 7. The molecule has 6 aromatic carbocycles. The summed E-state index contributed by atoms with van der Waals surface area (Å²) in [6, 6.07) is 53.2. The van der Waals surface area contributed by atoms with Gasteiger partial charge in [-0.1, -0.05) is 204 Å². The topological polar surface area (TPSA) is 0 Å². The Hall–Kier alpha value is -4.68. The van der Waals surface area contributed by atoms with E-state index in [9.17, 15) is 0 Å². The molecule has 0 fully saturated rings. The van der Waals surface area contributed by atoms with Gasteiger partial charge >= 0.3 is 0 Å². The molecule has 0 aliphatic carbocycles. The Kier molecular flexibility index (Phi) is 16.5. The molecule has 45 heavy (non-hydrogen) atoms. The summed E-state index contributed by atoms with van der Waals surface area (Å²) >= 11 is 0. The van der Waals surface area contributed by atoms with E-state index in [0.29, 0.717) is 0 Å². The van der Waals surface area contributed by atoms with Gasteiger partial charge < -0.3 is 0 Å². The van der Waals surface area contributed by atoms with Crippen molar-refractivity contribution in [1.82, 2.24) is 0 Å². The zero-order valence-electron chi connectivity index (χ0n) is 28.9. The monoisotopic (exact) mass is 592 g/mol. The normalized spacial score (nSPS) is 9.44. The van der Waals surface area contributed by atoms with E-state index in [1.165, 1.54) is 61.2 Å². The van der Waals surface area contributed by atoms with Crippen molar-refractivity contribution in [2.24, 2.45) is 0 Å². The van der Waals surface area contributed by atoms with E-state index in [2.05, 4.69) is 194 Å². The van der Waals surface area contributed by atoms with Crippen LogP contribution in [0.1, 0.15) is 52.8 Å². The smallest absolute Gasteiger partial charge is 0.0181 e. The molecule has 0 nitrogen and oxygen atoms in total. The molecular formula is C45H52. The second kappa shape index (κ2) is 20.3. The first-order valence-electron chi connectivity index (χ1n) is 16.0. The molecule has 0 heterocycles. The lowest BCUT2D eigenvalue weighted by atomic mass is 10.0. The van der Waals surface area contributed by atoms with Gasteiger partial charge in [0.1, 0.15) is 0 Å². The summed E-state index contributed by atoms with van der Waals surface area (Å²) in [7, 11) is 0. The van der Waals surface area contributed by atoms with Crippen LogP contribution >= 0.6 is 0 Å². The van der Waals surface area contributed by atoms with Crippen LogP contribution in [0.25, 0.3) is 22.3 Å². The van der Waals surface area contributed by atoms with Crippen molar-refractivity contribution in [3.63, 3.8) is 0 Å². The fourth-order valence-electron chi connectivity index (χ4n) is 4.39. The molecular weight excluding hydrogens is 540 g/mol. The quantitative estimate of drug-likeness (QED) is 0.188. The zero-order chi connectivity index (χ0) is 33.0. The van der Waals surface area contributed by atoms with Gasteiger partial charge in [0, 0.05) is 0 Å². The molecule has 6 aromatic rings. The van der Waals surface area contributed by atoms with Gasteiger partial charge in [0.25, 0.3) is 0 Å². The molecule has 0 heteroatoms. The van der Waals surface area contributed by atoms with Crippen molar-refractivity contribution in [2.45, 2.75) is 62.3 Å². The van der Waals surface area contributed by atoms with E-state index in [-0.39, 0.29) is 0 Å². The second-order valence-corrected chi connectivity index (χ2v) is 11.3. The van der Waals surface area contributed by atoms with Crippen LogP contribution in [0, 0.1) is 48.5 Å². The van der Waals surface area contributed by atoms with Gasteiger partial charge in [-0.2, -0.15) is 0 Å². The molecule has 6 rings (SSSR count). The van der Waals surface area contributed by atoms with Crippen LogP contribution in [-0.2, 0) is 0 Å². The molecule has 232 valence electrons. The predicted molar refractivity (Wildman–Crippen MR) is 201 cm³/mol. The maximum atomic E-state index is 2.20. The van der Waals surface area contributed by atoms with Gasteiger partial charge in [-0.15, -0.1) is 0 Å². The number of benzene rings is 6. The fraction of sp³-hybridized carbons (Fsp3) is 0.200. The molecule has 0 saturated heterocycles. The summed E-state index contributed by atoms with van der Waals surface area (Å²) in [5, 5.41) is 0. The van der Waals surface area contributed by atoms with Crippen molar-refractivity contribution < 1.29 is 0 Å². The highest BCUT2D eigenvalue weighted by Gasteiger charge is 1.96. The molecule has 0 aliphatic rings. The lowest BCUT2D eigenvalue weighted by molar-refractivity contribution is 1.39. The van der Waals surface area contributed by atoms with Crippen LogP contribution in [-0.4, -0.2) is 0 Å². The summed E-state index contributed by atoms with van der Waals surface area (Å²) in [5.74, 6) is 0. The average Bonchev–Trinajstić information content (AvgIpc) is 3.06. The van der Waals surface area contributed by atoms with Crippen molar-refractivity contribution in [1.29, 1.82) is 0 Å². The first kappa shape index (κ1) is 36.5. The molecule has 0 atom stereocenters. The first-order chi connectivity index (χ1) is 21.7. The van der Waals surface area contributed by atoms with Crippen LogP contribution in [0.2, 0.25) is 0 Å². The number of hydrogen-bond donors (Lipinski definition) is 0. The fourth-order valence-corrected chi connectivity index (χ4v) is 4.39. The van der Waals surface area contributed by atoms with E-state index in [1.54, 1.807) is 0 Å². The minimum Gasteiger partial charge on any atom is -0.0683 e. The standard InChI is InChI=1S/C14H14.C13H12.2C8H10.C2H6/c1-11-3-7-13(8-4-11)14-9-5-12(2)6-10-14;1-11-6-5-9-13(10-11)12-7-3-2-4-8-12;1-7-3-5-8(2)6-4-7;1-7-4-3-5-8(2)6-7;1-2/h3-10H,1-2H3;2-10H,1H3;2*3-6H,1-2H3;1-2H3. The summed E-state index contributed by atoms with van der Waals surface area (Å²) in [6.07, 6.45) is 0. The van der Waals surface area contributed by atoms with Crippen LogP contribution in [0.5, 0.6) is 0 Å². The maximum absolute atomic E-state index is 2.20. The van der Waals surface area contributed by atoms with E-state index in [1.807, 2.05) is 19.9 Å². The Bertz CT molecular complexity index is 1540. The Morgan fingerprint density at radius 2 is 0.511 bits per heavy atom. The Morgan fingerprint density at radius 1 is 0.222 bits per heavy atom. The first-order valence-corrected chi connectivity index (χ1v) is 16.0. The minimum atomic E-state index is 1.28. The molecule has 0 spiro atoms. The van der Waals surface area contributed by atoms with Crippen molar-refractivity contribution in [3.05, 3.63) is 191 Å². The molecule has 0 amide bonds. The highest BCUT2D eigenvalue weighted by Crippen LogP contribution is 2.20. The van der Waals surface area contributed by atoms with Crippen molar-refractivity contribution in [3.8, 4) is 22.3 Å². The molecule has 0 radical (unpaired) electrons. The largest absolute Gasteiger partial charge is 0.0683 e. The third-order valence-electron chi connectivity index (χ3n) is 6.95. The van der Waals surface area contributed by atoms with Crippen LogP contribution in [0.4, 0.5) is 0 Å². The molecule has 0 unspecified atom stereocenters. The van der Waals surface area contributed by atoms with Gasteiger partial charge in [-0.3, -0.25) is 0 Å². The van der Waals surface area contributed by atoms with Gasteiger partial charge in [-0.05, 0) is 70.7 Å². The minimum absolute atomic E-state index is 1.28. The van der Waals surface area contributed by atoms with E-state index < -0.39 is 0 Å². The summed E-state index contributed by atoms with van der Waals surface area (Å²) in [5.41, 5.74) is 14.4. The molecule has 0 aliphatic heterocycles. The van der Waals surface area contributed by atoms with E-state index in [4.69, 9.17) is 0 Å². The van der Waals surface area contributed by atoms with Gasteiger partial charge in [-0.25, -0.2) is 0 Å². The SMILES string of the molecule is CC.Cc1ccc(-c2ccc(C)cc2)cc1.Cc1ccc(C)cc1.Cc1cccc(-c2ccccc2)c1.Cc1cccc(C)c1. The van der Waals surface area contributed by atoms with Crippen molar-refractivity contribution in [2.75, 3.05) is 0 Å².